The fraction of sp³-hybridized carbons (Fsp3) is 0.333. The van der Waals surface area contributed by atoms with Gasteiger partial charge >= 0.3 is 0 Å². The van der Waals surface area contributed by atoms with Crippen molar-refractivity contribution < 1.29 is 14.3 Å². The quantitative estimate of drug-likeness (QED) is 0.750. The molecule has 0 bridgehead atoms. The Bertz CT molecular complexity index is 601. The van der Waals surface area contributed by atoms with Crippen molar-refractivity contribution in [2.24, 2.45) is 0 Å². The van der Waals surface area contributed by atoms with Crippen molar-refractivity contribution in [2.75, 3.05) is 20.3 Å². The number of benzene rings is 1. The summed E-state index contributed by atoms with van der Waals surface area (Å²) in [4.78, 5) is 16.0. The number of nitrogens with one attached hydrogen (secondary N) is 1. The molecule has 0 fully saturated rings. The fourth-order valence-electron chi connectivity index (χ4n) is 1.69. The lowest BCUT2D eigenvalue weighted by Crippen LogP contribution is -2.28. The number of amides is 1. The van der Waals surface area contributed by atoms with Gasteiger partial charge in [-0.15, -0.1) is 11.3 Å². The van der Waals surface area contributed by atoms with E-state index in [4.69, 9.17) is 21.1 Å². The van der Waals surface area contributed by atoms with Crippen molar-refractivity contribution in [1.29, 1.82) is 0 Å². The van der Waals surface area contributed by atoms with E-state index in [1.807, 2.05) is 5.38 Å². The normalized spacial score (nSPS) is 10.5. The van der Waals surface area contributed by atoms with Crippen molar-refractivity contribution in [1.82, 2.24) is 10.3 Å². The third kappa shape index (κ3) is 5.63. The lowest BCUT2D eigenvalue weighted by molar-refractivity contribution is -0.120. The SMILES string of the molecule is COCCNC(=O)Cc1csc(COc2ccc(Cl)cc2)n1. The molecule has 0 unspecified atom stereocenters. The van der Waals surface area contributed by atoms with Gasteiger partial charge in [0, 0.05) is 24.1 Å². The molecule has 22 heavy (non-hydrogen) atoms. The van der Waals surface area contributed by atoms with Crippen LogP contribution in [-0.4, -0.2) is 31.2 Å². The topological polar surface area (TPSA) is 60.5 Å². The molecule has 1 heterocycles. The summed E-state index contributed by atoms with van der Waals surface area (Å²) in [6, 6.07) is 7.16. The predicted molar refractivity (Wildman–Crippen MR) is 86.5 cm³/mol. The monoisotopic (exact) mass is 340 g/mol. The van der Waals surface area contributed by atoms with Crippen LogP contribution in [0, 0.1) is 0 Å². The van der Waals surface area contributed by atoms with Crippen LogP contribution in [0.25, 0.3) is 0 Å². The number of halogens is 1. The van der Waals surface area contributed by atoms with Gasteiger partial charge in [-0.25, -0.2) is 4.98 Å². The predicted octanol–water partition coefficient (Wildman–Crippen LogP) is 2.68. The van der Waals surface area contributed by atoms with E-state index in [0.29, 0.717) is 24.8 Å². The second-order valence-electron chi connectivity index (χ2n) is 4.49. The summed E-state index contributed by atoms with van der Waals surface area (Å²) in [5.74, 6) is 0.672. The van der Waals surface area contributed by atoms with Gasteiger partial charge in [-0.3, -0.25) is 4.79 Å². The summed E-state index contributed by atoms with van der Waals surface area (Å²) in [5, 5.41) is 6.13. The number of methoxy groups -OCH3 is 1. The smallest absolute Gasteiger partial charge is 0.226 e. The molecule has 0 aliphatic carbocycles. The highest BCUT2D eigenvalue weighted by molar-refractivity contribution is 7.09. The molecule has 118 valence electrons. The van der Waals surface area contributed by atoms with E-state index in [0.717, 1.165) is 16.5 Å². The van der Waals surface area contributed by atoms with Crippen LogP contribution < -0.4 is 10.1 Å². The van der Waals surface area contributed by atoms with Gasteiger partial charge in [-0.2, -0.15) is 0 Å². The van der Waals surface area contributed by atoms with Crippen LogP contribution in [0.15, 0.2) is 29.6 Å². The minimum absolute atomic E-state index is 0.0625. The van der Waals surface area contributed by atoms with Crippen LogP contribution in [0.2, 0.25) is 5.02 Å². The molecular weight excluding hydrogens is 324 g/mol. The first kappa shape index (κ1) is 16.7. The average molecular weight is 341 g/mol. The first-order valence-electron chi connectivity index (χ1n) is 6.74. The molecule has 0 saturated carbocycles. The lowest BCUT2D eigenvalue weighted by atomic mass is 10.3. The summed E-state index contributed by atoms with van der Waals surface area (Å²) in [5.41, 5.74) is 0.745. The van der Waals surface area contributed by atoms with Gasteiger partial charge in [-0.1, -0.05) is 11.6 Å². The highest BCUT2D eigenvalue weighted by Crippen LogP contribution is 2.18. The van der Waals surface area contributed by atoms with Crippen molar-refractivity contribution in [3.8, 4) is 5.75 Å². The van der Waals surface area contributed by atoms with Crippen molar-refractivity contribution in [2.45, 2.75) is 13.0 Å². The molecule has 5 nitrogen and oxygen atoms in total. The molecule has 1 aromatic carbocycles. The number of ether oxygens (including phenoxy) is 2. The van der Waals surface area contributed by atoms with E-state index >= 15 is 0 Å². The van der Waals surface area contributed by atoms with Crippen LogP contribution in [0.4, 0.5) is 0 Å². The molecule has 0 saturated heterocycles. The Kier molecular flexibility index (Phi) is 6.64. The number of hydrogen-bond donors (Lipinski definition) is 1. The molecule has 0 atom stereocenters. The standard InChI is InChI=1S/C15H17ClN2O3S/c1-20-7-6-17-14(19)8-12-10-22-15(18-12)9-21-13-4-2-11(16)3-5-13/h2-5,10H,6-9H2,1H3,(H,17,19). The minimum Gasteiger partial charge on any atom is -0.486 e. The van der Waals surface area contributed by atoms with Gasteiger partial charge in [0.1, 0.15) is 17.4 Å². The maximum Gasteiger partial charge on any atom is 0.226 e. The second-order valence-corrected chi connectivity index (χ2v) is 5.87. The molecule has 2 rings (SSSR count). The van der Waals surface area contributed by atoms with Crippen LogP contribution in [0.1, 0.15) is 10.7 Å². The number of carbonyl (C=O) groups is 1. The van der Waals surface area contributed by atoms with Gasteiger partial charge < -0.3 is 14.8 Å². The summed E-state index contributed by atoms with van der Waals surface area (Å²) in [7, 11) is 1.60. The molecule has 1 aromatic heterocycles. The summed E-state index contributed by atoms with van der Waals surface area (Å²) >= 11 is 7.29. The zero-order valence-electron chi connectivity index (χ0n) is 12.2. The highest BCUT2D eigenvalue weighted by atomic mass is 35.5. The summed E-state index contributed by atoms with van der Waals surface area (Å²) < 4.78 is 10.5. The summed E-state index contributed by atoms with van der Waals surface area (Å²) in [6.07, 6.45) is 0.265. The van der Waals surface area contributed by atoms with Crippen molar-refractivity contribution in [3.05, 3.63) is 45.4 Å². The van der Waals surface area contributed by atoms with Gasteiger partial charge in [0.2, 0.25) is 5.91 Å². The van der Waals surface area contributed by atoms with E-state index in [2.05, 4.69) is 10.3 Å². The van der Waals surface area contributed by atoms with E-state index in [1.54, 1.807) is 31.4 Å². The Balaban J connectivity index is 1.78. The van der Waals surface area contributed by atoms with Gasteiger partial charge in [-0.05, 0) is 24.3 Å². The highest BCUT2D eigenvalue weighted by Gasteiger charge is 2.08. The number of rotatable bonds is 8. The fourth-order valence-corrected chi connectivity index (χ4v) is 2.52. The van der Waals surface area contributed by atoms with Crippen molar-refractivity contribution >= 4 is 28.8 Å². The maximum absolute atomic E-state index is 11.7. The Morgan fingerprint density at radius 1 is 1.36 bits per heavy atom. The second kappa shape index (κ2) is 8.73. The first-order chi connectivity index (χ1) is 10.7. The molecule has 0 spiro atoms. The zero-order chi connectivity index (χ0) is 15.8. The van der Waals surface area contributed by atoms with Crippen LogP contribution in [-0.2, 0) is 22.6 Å². The van der Waals surface area contributed by atoms with E-state index in [9.17, 15) is 4.79 Å². The van der Waals surface area contributed by atoms with Crippen LogP contribution in [0.3, 0.4) is 0 Å². The number of thiazole rings is 1. The minimum atomic E-state index is -0.0625. The average Bonchev–Trinajstić information content (AvgIpc) is 2.94. The Hall–Kier alpha value is -1.63. The van der Waals surface area contributed by atoms with Gasteiger partial charge in [0.15, 0.2) is 0 Å². The molecule has 1 amide bonds. The maximum atomic E-state index is 11.7. The molecule has 7 heteroatoms. The van der Waals surface area contributed by atoms with E-state index < -0.39 is 0 Å². The van der Waals surface area contributed by atoms with Gasteiger partial charge in [0.25, 0.3) is 0 Å². The van der Waals surface area contributed by atoms with Crippen molar-refractivity contribution in [3.63, 3.8) is 0 Å². The largest absolute Gasteiger partial charge is 0.486 e. The molecular formula is C15H17ClN2O3S. The van der Waals surface area contributed by atoms with Crippen LogP contribution in [0.5, 0.6) is 5.75 Å². The summed E-state index contributed by atoms with van der Waals surface area (Å²) in [6.45, 7) is 1.38. The Labute approximate surface area is 138 Å². The van der Waals surface area contributed by atoms with E-state index in [1.165, 1.54) is 11.3 Å². The Morgan fingerprint density at radius 3 is 2.86 bits per heavy atom. The third-order valence-corrected chi connectivity index (χ3v) is 3.87. The Morgan fingerprint density at radius 2 is 2.14 bits per heavy atom. The first-order valence-corrected chi connectivity index (χ1v) is 8.00. The number of hydrogen-bond acceptors (Lipinski definition) is 5. The molecule has 2 aromatic rings. The molecule has 0 aliphatic rings. The molecule has 1 N–H and O–H groups in total. The van der Waals surface area contributed by atoms with E-state index in [-0.39, 0.29) is 12.3 Å². The lowest BCUT2D eigenvalue weighted by Gasteiger charge is -2.04. The number of carbonyl (C=O) groups excluding carboxylic acids is 1. The zero-order valence-corrected chi connectivity index (χ0v) is 13.7. The van der Waals surface area contributed by atoms with Gasteiger partial charge in [0.05, 0.1) is 18.7 Å². The molecule has 0 radical (unpaired) electrons. The molecule has 0 aliphatic heterocycles. The number of nitrogens with zero attached hydrogens (tertiary/aromatic N) is 1. The number of aromatic nitrogens is 1. The third-order valence-electron chi connectivity index (χ3n) is 2.75. The van der Waals surface area contributed by atoms with Crippen LogP contribution >= 0.6 is 22.9 Å².